The van der Waals surface area contributed by atoms with E-state index in [-0.39, 0.29) is 5.91 Å². The molecule has 2 heterocycles. The lowest BCUT2D eigenvalue weighted by atomic mass is 10.3. The molecule has 0 spiro atoms. The number of anilines is 1. The number of halogens is 1. The fraction of sp³-hybridized carbons (Fsp3) is 0.600. The van der Waals surface area contributed by atoms with Crippen molar-refractivity contribution in [2.75, 3.05) is 30.5 Å². The van der Waals surface area contributed by atoms with Crippen molar-refractivity contribution < 1.29 is 4.79 Å². The molecule has 2 aromatic heterocycles. The largest absolute Gasteiger partial charge is 0.369 e. The number of hydrogen-bond acceptors (Lipinski definition) is 6. The number of nitrogens with one attached hydrogen (secondary N) is 2. The van der Waals surface area contributed by atoms with Crippen molar-refractivity contribution in [2.45, 2.75) is 37.9 Å². The van der Waals surface area contributed by atoms with E-state index >= 15 is 0 Å². The summed E-state index contributed by atoms with van der Waals surface area (Å²) in [5.41, 5.74) is 0.781. The summed E-state index contributed by atoms with van der Waals surface area (Å²) in [6, 6.07) is 0. The van der Waals surface area contributed by atoms with Gasteiger partial charge in [0.15, 0.2) is 10.8 Å². The van der Waals surface area contributed by atoms with Gasteiger partial charge in [0.05, 0.1) is 18.1 Å². The molecular formula is C15H23ClN6OS. The van der Waals surface area contributed by atoms with Crippen LogP contribution in [-0.4, -0.2) is 50.9 Å². The standard InChI is InChI=1S/C15H23ClN6OS/c1-3-7-18-13-11-10-19-22(14(11)21-15(20-13)24-2)9-8-17-12(23)5-4-6-16/h10H,3-9H2,1-2H3,(H,17,23)(H,18,20,21). The van der Waals surface area contributed by atoms with Crippen LogP contribution >= 0.6 is 23.4 Å². The number of carbonyl (C=O) groups excluding carboxylic acids is 1. The molecule has 0 aromatic carbocycles. The quantitative estimate of drug-likeness (QED) is 0.380. The fourth-order valence-corrected chi connectivity index (χ4v) is 2.68. The zero-order chi connectivity index (χ0) is 17.4. The van der Waals surface area contributed by atoms with E-state index in [1.807, 2.05) is 6.26 Å². The highest BCUT2D eigenvalue weighted by Crippen LogP contribution is 2.23. The van der Waals surface area contributed by atoms with Crippen LogP contribution in [0.25, 0.3) is 11.0 Å². The van der Waals surface area contributed by atoms with Gasteiger partial charge in [0.2, 0.25) is 5.91 Å². The molecule has 0 aliphatic carbocycles. The molecule has 0 unspecified atom stereocenters. The molecule has 0 fully saturated rings. The average Bonchev–Trinajstić information content (AvgIpc) is 3.00. The first-order valence-electron chi connectivity index (χ1n) is 8.03. The summed E-state index contributed by atoms with van der Waals surface area (Å²) in [6.45, 7) is 4.03. The van der Waals surface area contributed by atoms with Crippen molar-refractivity contribution in [2.24, 2.45) is 0 Å². The number of alkyl halides is 1. The van der Waals surface area contributed by atoms with Crippen LogP contribution in [0.4, 0.5) is 5.82 Å². The zero-order valence-corrected chi connectivity index (χ0v) is 15.6. The second-order valence-electron chi connectivity index (χ2n) is 5.23. The van der Waals surface area contributed by atoms with Gasteiger partial charge >= 0.3 is 0 Å². The third-order valence-corrected chi connectivity index (χ3v) is 4.20. The molecule has 0 radical (unpaired) electrons. The summed E-state index contributed by atoms with van der Waals surface area (Å²) in [6.07, 6.45) is 5.87. The van der Waals surface area contributed by atoms with Crippen LogP contribution in [-0.2, 0) is 11.3 Å². The number of aromatic nitrogens is 4. The Bertz CT molecular complexity index is 677. The van der Waals surface area contributed by atoms with Gasteiger partial charge in [0.25, 0.3) is 0 Å². The first kappa shape index (κ1) is 18.8. The Kier molecular flexibility index (Phi) is 7.58. The molecule has 2 N–H and O–H groups in total. The first-order chi connectivity index (χ1) is 11.7. The number of amides is 1. The van der Waals surface area contributed by atoms with Crippen molar-refractivity contribution in [1.29, 1.82) is 0 Å². The third-order valence-electron chi connectivity index (χ3n) is 3.38. The molecule has 0 aliphatic heterocycles. The van der Waals surface area contributed by atoms with Crippen molar-refractivity contribution in [1.82, 2.24) is 25.1 Å². The van der Waals surface area contributed by atoms with Crippen LogP contribution < -0.4 is 10.6 Å². The van der Waals surface area contributed by atoms with Crippen LogP contribution in [0.15, 0.2) is 11.4 Å². The topological polar surface area (TPSA) is 84.7 Å². The molecule has 1 amide bonds. The first-order valence-corrected chi connectivity index (χ1v) is 9.79. The minimum Gasteiger partial charge on any atom is -0.369 e. The molecule has 0 bridgehead atoms. The highest BCUT2D eigenvalue weighted by atomic mass is 35.5. The van der Waals surface area contributed by atoms with E-state index in [4.69, 9.17) is 11.6 Å². The predicted molar refractivity (Wildman–Crippen MR) is 98.8 cm³/mol. The molecule has 132 valence electrons. The maximum absolute atomic E-state index is 11.6. The monoisotopic (exact) mass is 370 g/mol. The van der Waals surface area contributed by atoms with E-state index in [0.717, 1.165) is 29.8 Å². The highest BCUT2D eigenvalue weighted by Gasteiger charge is 2.12. The maximum Gasteiger partial charge on any atom is 0.220 e. The van der Waals surface area contributed by atoms with Crippen LogP contribution in [0.2, 0.25) is 0 Å². The summed E-state index contributed by atoms with van der Waals surface area (Å²) in [7, 11) is 0. The van der Waals surface area contributed by atoms with Crippen molar-refractivity contribution in [3.8, 4) is 0 Å². The summed E-state index contributed by atoms with van der Waals surface area (Å²) in [5.74, 6) is 1.32. The fourth-order valence-electron chi connectivity index (χ4n) is 2.19. The van der Waals surface area contributed by atoms with Gasteiger partial charge in [-0.25, -0.2) is 14.6 Å². The Balaban J connectivity index is 2.09. The molecule has 0 atom stereocenters. The number of nitrogens with zero attached hydrogens (tertiary/aromatic N) is 4. The van der Waals surface area contributed by atoms with Gasteiger partial charge in [-0.3, -0.25) is 4.79 Å². The van der Waals surface area contributed by atoms with Gasteiger partial charge in [0, 0.05) is 25.4 Å². The Hall–Kier alpha value is -1.54. The summed E-state index contributed by atoms with van der Waals surface area (Å²) in [5, 5.41) is 12.2. The van der Waals surface area contributed by atoms with Gasteiger partial charge in [-0.05, 0) is 19.1 Å². The normalized spacial score (nSPS) is 11.0. The molecule has 7 nitrogen and oxygen atoms in total. The molecular weight excluding hydrogens is 348 g/mol. The highest BCUT2D eigenvalue weighted by molar-refractivity contribution is 7.98. The lowest BCUT2D eigenvalue weighted by Crippen LogP contribution is -2.27. The van der Waals surface area contributed by atoms with Gasteiger partial charge < -0.3 is 10.6 Å². The molecule has 2 aromatic rings. The van der Waals surface area contributed by atoms with Gasteiger partial charge in [-0.2, -0.15) is 5.10 Å². The predicted octanol–water partition coefficient (Wildman–Crippen LogP) is 2.51. The molecule has 0 aliphatic rings. The lowest BCUT2D eigenvalue weighted by molar-refractivity contribution is -0.121. The Morgan fingerprint density at radius 2 is 2.21 bits per heavy atom. The Morgan fingerprint density at radius 3 is 2.92 bits per heavy atom. The van der Waals surface area contributed by atoms with E-state index in [1.165, 1.54) is 11.8 Å². The number of hydrogen-bond donors (Lipinski definition) is 2. The van der Waals surface area contributed by atoms with E-state index in [2.05, 4.69) is 32.6 Å². The summed E-state index contributed by atoms with van der Waals surface area (Å²) < 4.78 is 1.80. The van der Waals surface area contributed by atoms with E-state index < -0.39 is 0 Å². The smallest absolute Gasteiger partial charge is 0.220 e. The molecule has 0 saturated carbocycles. The summed E-state index contributed by atoms with van der Waals surface area (Å²) in [4.78, 5) is 20.7. The van der Waals surface area contributed by atoms with Gasteiger partial charge in [-0.1, -0.05) is 18.7 Å². The minimum atomic E-state index is 0.0110. The Labute approximate surface area is 150 Å². The summed E-state index contributed by atoms with van der Waals surface area (Å²) >= 11 is 7.09. The van der Waals surface area contributed by atoms with E-state index in [9.17, 15) is 4.79 Å². The van der Waals surface area contributed by atoms with E-state index in [1.54, 1.807) is 10.9 Å². The van der Waals surface area contributed by atoms with Crippen molar-refractivity contribution in [3.05, 3.63) is 6.20 Å². The second kappa shape index (κ2) is 9.68. The third kappa shape index (κ3) is 4.98. The van der Waals surface area contributed by atoms with Gasteiger partial charge in [0.1, 0.15) is 5.82 Å². The number of fused-ring (bicyclic) bond motifs is 1. The second-order valence-corrected chi connectivity index (χ2v) is 6.38. The zero-order valence-electron chi connectivity index (χ0n) is 14.0. The van der Waals surface area contributed by atoms with Crippen molar-refractivity contribution in [3.63, 3.8) is 0 Å². The number of thioether (sulfide) groups is 1. The Morgan fingerprint density at radius 1 is 1.38 bits per heavy atom. The van der Waals surface area contributed by atoms with Crippen LogP contribution in [0.1, 0.15) is 26.2 Å². The average molecular weight is 371 g/mol. The number of rotatable bonds is 10. The van der Waals surface area contributed by atoms with E-state index in [0.29, 0.717) is 37.0 Å². The minimum absolute atomic E-state index is 0.0110. The molecule has 24 heavy (non-hydrogen) atoms. The number of carbonyl (C=O) groups is 1. The van der Waals surface area contributed by atoms with Crippen LogP contribution in [0.5, 0.6) is 0 Å². The maximum atomic E-state index is 11.6. The lowest BCUT2D eigenvalue weighted by Gasteiger charge is -2.08. The SMILES string of the molecule is CCCNc1nc(SC)nc2c1cnn2CCNC(=O)CCCCl. The van der Waals surface area contributed by atoms with Crippen LogP contribution in [0.3, 0.4) is 0 Å². The molecule has 9 heteroatoms. The van der Waals surface area contributed by atoms with Gasteiger partial charge in [-0.15, -0.1) is 11.6 Å². The van der Waals surface area contributed by atoms with Crippen LogP contribution in [0, 0.1) is 0 Å². The molecule has 2 rings (SSSR count). The molecule has 0 saturated heterocycles. The van der Waals surface area contributed by atoms with Crippen molar-refractivity contribution >= 4 is 46.1 Å².